The highest BCUT2D eigenvalue weighted by Gasteiger charge is 2.26. The van der Waals surface area contributed by atoms with Crippen LogP contribution in [-0.2, 0) is 21.2 Å². The molecule has 2 heterocycles. The summed E-state index contributed by atoms with van der Waals surface area (Å²) in [7, 11) is -4.18. The van der Waals surface area contributed by atoms with E-state index in [-0.39, 0.29) is 28.3 Å². The maximum atomic E-state index is 13.6. The zero-order valence-corrected chi connectivity index (χ0v) is 21.1. The highest BCUT2D eigenvalue weighted by molar-refractivity contribution is 7.91. The predicted molar refractivity (Wildman–Crippen MR) is 137 cm³/mol. The fourth-order valence-corrected chi connectivity index (χ4v) is 5.62. The Morgan fingerprint density at radius 3 is 2.42 bits per heavy atom. The van der Waals surface area contributed by atoms with Crippen molar-refractivity contribution < 1.29 is 18.0 Å². The minimum Gasteiger partial charge on any atom is -0.325 e. The number of rotatable bonds is 6. The van der Waals surface area contributed by atoms with Gasteiger partial charge in [-0.2, -0.15) is 0 Å². The first kappa shape index (κ1) is 25.0. The zero-order valence-electron chi connectivity index (χ0n) is 20.3. The monoisotopic (exact) mass is 503 g/mol. The number of ketones is 1. The van der Waals surface area contributed by atoms with Gasteiger partial charge in [-0.3, -0.25) is 14.4 Å². The molecular weight excluding hydrogens is 478 g/mol. The third-order valence-corrected chi connectivity index (χ3v) is 7.71. The van der Waals surface area contributed by atoms with Crippen molar-refractivity contribution in [1.29, 1.82) is 0 Å². The minimum atomic E-state index is -4.18. The number of nitrogens with one attached hydrogen (secondary N) is 1. The molecule has 0 radical (unpaired) electrons. The van der Waals surface area contributed by atoms with Crippen molar-refractivity contribution in [3.05, 3.63) is 93.4 Å². The van der Waals surface area contributed by atoms with Crippen LogP contribution in [0.4, 0.5) is 5.69 Å². The summed E-state index contributed by atoms with van der Waals surface area (Å²) in [6.45, 7) is 6.39. The SMILES string of the molecule is CC(=O)c1cccc(NC(=O)Cn2cc(S(=O)(=O)c3ccc(C)cc3C)c(=O)c3ccc(C)nc32)c1. The Kier molecular flexibility index (Phi) is 6.60. The fraction of sp³-hybridized carbons (Fsp3) is 0.185. The second-order valence-electron chi connectivity index (χ2n) is 8.73. The number of amides is 1. The third kappa shape index (κ3) is 4.83. The normalized spacial score (nSPS) is 11.4. The van der Waals surface area contributed by atoms with Crippen LogP contribution in [0, 0.1) is 20.8 Å². The predicted octanol–water partition coefficient (Wildman–Crippen LogP) is 4.00. The molecule has 0 saturated carbocycles. The summed E-state index contributed by atoms with van der Waals surface area (Å²) in [5.74, 6) is -0.614. The number of nitrogens with zero attached hydrogens (tertiary/aromatic N) is 2. The highest BCUT2D eigenvalue weighted by atomic mass is 32.2. The number of aryl methyl sites for hydroxylation is 3. The molecule has 1 amide bonds. The van der Waals surface area contributed by atoms with Gasteiger partial charge in [0.05, 0.1) is 10.3 Å². The number of pyridine rings is 2. The van der Waals surface area contributed by atoms with Crippen LogP contribution in [0.15, 0.2) is 75.4 Å². The van der Waals surface area contributed by atoms with Crippen LogP contribution in [-0.4, -0.2) is 29.7 Å². The van der Waals surface area contributed by atoms with Gasteiger partial charge in [-0.05, 0) is 63.6 Å². The lowest BCUT2D eigenvalue weighted by Gasteiger charge is -2.15. The molecule has 0 aliphatic carbocycles. The van der Waals surface area contributed by atoms with Crippen LogP contribution in [0.5, 0.6) is 0 Å². The largest absolute Gasteiger partial charge is 0.325 e. The number of sulfone groups is 1. The lowest BCUT2D eigenvalue weighted by Crippen LogP contribution is -2.24. The van der Waals surface area contributed by atoms with Crippen LogP contribution in [0.25, 0.3) is 11.0 Å². The molecule has 0 spiro atoms. The van der Waals surface area contributed by atoms with Crippen molar-refractivity contribution in [1.82, 2.24) is 9.55 Å². The van der Waals surface area contributed by atoms with Crippen LogP contribution in [0.1, 0.15) is 34.1 Å². The molecule has 0 unspecified atom stereocenters. The number of carbonyl (C=O) groups is 2. The molecule has 0 atom stereocenters. The number of carbonyl (C=O) groups excluding carboxylic acids is 2. The Morgan fingerprint density at radius 2 is 1.72 bits per heavy atom. The summed E-state index contributed by atoms with van der Waals surface area (Å²) >= 11 is 0. The van der Waals surface area contributed by atoms with E-state index in [0.29, 0.717) is 22.5 Å². The smallest absolute Gasteiger partial charge is 0.244 e. The molecule has 0 fully saturated rings. The standard InChI is InChI=1S/C27H25N3O5S/c1-16-8-11-23(17(2)12-16)36(34,35)24-14-30(27-22(26(24)33)10-9-18(3)28-27)15-25(32)29-21-7-5-6-20(13-21)19(4)31/h5-14H,15H2,1-4H3,(H,29,32). The van der Waals surface area contributed by atoms with E-state index in [4.69, 9.17) is 0 Å². The number of anilines is 1. The Labute approximate surface area is 208 Å². The van der Waals surface area contributed by atoms with Crippen molar-refractivity contribution in [3.8, 4) is 0 Å². The maximum Gasteiger partial charge on any atom is 0.244 e. The van der Waals surface area contributed by atoms with Gasteiger partial charge in [0.1, 0.15) is 17.1 Å². The molecule has 0 aliphatic heterocycles. The van der Waals surface area contributed by atoms with Crippen LogP contribution < -0.4 is 10.7 Å². The topological polar surface area (TPSA) is 115 Å². The molecular formula is C27H25N3O5S. The van der Waals surface area contributed by atoms with Gasteiger partial charge in [0.15, 0.2) is 5.78 Å². The average Bonchev–Trinajstić information content (AvgIpc) is 2.80. The maximum absolute atomic E-state index is 13.6. The van der Waals surface area contributed by atoms with E-state index in [1.54, 1.807) is 56.3 Å². The van der Waals surface area contributed by atoms with Gasteiger partial charge in [-0.1, -0.05) is 29.8 Å². The molecule has 1 N–H and O–H groups in total. The number of aromatic nitrogens is 2. The van der Waals surface area contributed by atoms with Gasteiger partial charge in [-0.25, -0.2) is 13.4 Å². The Morgan fingerprint density at radius 1 is 0.972 bits per heavy atom. The fourth-order valence-electron chi connectivity index (χ4n) is 4.04. The lowest BCUT2D eigenvalue weighted by molar-refractivity contribution is -0.116. The van der Waals surface area contributed by atoms with Crippen molar-refractivity contribution in [2.45, 2.75) is 44.0 Å². The Bertz CT molecular complexity index is 1700. The van der Waals surface area contributed by atoms with E-state index < -0.39 is 26.1 Å². The van der Waals surface area contributed by atoms with Gasteiger partial charge in [-0.15, -0.1) is 0 Å². The first-order valence-corrected chi connectivity index (χ1v) is 12.7. The minimum absolute atomic E-state index is 0.0293. The molecule has 2 aromatic carbocycles. The van der Waals surface area contributed by atoms with E-state index in [1.807, 2.05) is 6.92 Å². The summed E-state index contributed by atoms with van der Waals surface area (Å²) in [6, 6.07) is 14.5. The van der Waals surface area contributed by atoms with Crippen molar-refractivity contribution in [2.24, 2.45) is 0 Å². The zero-order chi connectivity index (χ0) is 26.2. The van der Waals surface area contributed by atoms with E-state index in [2.05, 4.69) is 10.3 Å². The van der Waals surface area contributed by atoms with Gasteiger partial charge >= 0.3 is 0 Å². The second-order valence-corrected chi connectivity index (χ2v) is 10.6. The highest BCUT2D eigenvalue weighted by Crippen LogP contribution is 2.24. The van der Waals surface area contributed by atoms with Crippen LogP contribution >= 0.6 is 0 Å². The molecule has 0 saturated heterocycles. The Hall–Kier alpha value is -4.11. The molecule has 4 rings (SSSR count). The van der Waals surface area contributed by atoms with Crippen molar-refractivity contribution >= 4 is 38.2 Å². The van der Waals surface area contributed by atoms with E-state index in [9.17, 15) is 22.8 Å². The summed E-state index contributed by atoms with van der Waals surface area (Å²) in [5, 5.41) is 2.81. The second kappa shape index (κ2) is 9.50. The van der Waals surface area contributed by atoms with E-state index in [0.717, 1.165) is 5.56 Å². The molecule has 4 aromatic rings. The third-order valence-electron chi connectivity index (χ3n) is 5.80. The van der Waals surface area contributed by atoms with Crippen LogP contribution in [0.3, 0.4) is 0 Å². The van der Waals surface area contributed by atoms with Gasteiger partial charge in [0, 0.05) is 23.1 Å². The average molecular weight is 504 g/mol. The van der Waals surface area contributed by atoms with Gasteiger partial charge in [0.25, 0.3) is 0 Å². The molecule has 36 heavy (non-hydrogen) atoms. The molecule has 9 heteroatoms. The van der Waals surface area contributed by atoms with Gasteiger partial charge < -0.3 is 9.88 Å². The van der Waals surface area contributed by atoms with Crippen molar-refractivity contribution in [2.75, 3.05) is 5.32 Å². The van der Waals surface area contributed by atoms with E-state index >= 15 is 0 Å². The number of benzene rings is 2. The summed E-state index contributed by atoms with van der Waals surface area (Å²) in [5.41, 5.74) is 2.41. The summed E-state index contributed by atoms with van der Waals surface area (Å²) in [4.78, 5) is 41.9. The molecule has 0 bridgehead atoms. The molecule has 8 nitrogen and oxygen atoms in total. The van der Waals surface area contributed by atoms with Gasteiger partial charge in [0.2, 0.25) is 21.2 Å². The molecule has 184 valence electrons. The summed E-state index contributed by atoms with van der Waals surface area (Å²) < 4.78 is 28.5. The van der Waals surface area contributed by atoms with E-state index in [1.165, 1.54) is 29.8 Å². The number of hydrogen-bond acceptors (Lipinski definition) is 6. The quantitative estimate of drug-likeness (QED) is 0.398. The lowest BCUT2D eigenvalue weighted by atomic mass is 10.1. The molecule has 2 aromatic heterocycles. The number of hydrogen-bond donors (Lipinski definition) is 1. The number of Topliss-reactive ketones (excluding diaryl/α,β-unsaturated/α-hetero) is 1. The number of fused-ring (bicyclic) bond motifs is 1. The first-order valence-electron chi connectivity index (χ1n) is 11.2. The first-order chi connectivity index (χ1) is 17.0. The van der Waals surface area contributed by atoms with Crippen LogP contribution in [0.2, 0.25) is 0 Å². The van der Waals surface area contributed by atoms with Crippen molar-refractivity contribution in [3.63, 3.8) is 0 Å². The molecule has 0 aliphatic rings. The Balaban J connectivity index is 1.81. The summed E-state index contributed by atoms with van der Waals surface area (Å²) in [6.07, 6.45) is 1.18.